The maximum atomic E-state index is 12.2. The molecule has 0 aromatic heterocycles. The van der Waals surface area contributed by atoms with E-state index in [4.69, 9.17) is 6.57 Å². The fraction of sp³-hybridized carbons (Fsp3) is 0.222. The molecule has 0 fully saturated rings. The van der Waals surface area contributed by atoms with Crippen LogP contribution in [0.3, 0.4) is 0 Å². The standard InChI is InChI=1S/C9H6F3NS/c1-13-7-5-6(9(10,11)12)3-4-8(7)14-2/h3-5H,2H3. The molecule has 0 aliphatic rings. The summed E-state index contributed by atoms with van der Waals surface area (Å²) < 4.78 is 36.7. The highest BCUT2D eigenvalue weighted by Gasteiger charge is 2.30. The normalized spacial score (nSPS) is 11.1. The number of hydrogen-bond acceptors (Lipinski definition) is 1. The van der Waals surface area contributed by atoms with Crippen molar-refractivity contribution in [1.82, 2.24) is 0 Å². The average molecular weight is 217 g/mol. The molecule has 1 aromatic carbocycles. The Morgan fingerprint density at radius 2 is 2.00 bits per heavy atom. The van der Waals surface area contributed by atoms with E-state index in [0.29, 0.717) is 4.90 Å². The number of alkyl halides is 3. The molecule has 0 bridgehead atoms. The Morgan fingerprint density at radius 3 is 2.43 bits per heavy atom. The quantitative estimate of drug-likeness (QED) is 0.508. The first-order valence-electron chi connectivity index (χ1n) is 3.61. The molecule has 0 saturated heterocycles. The summed E-state index contributed by atoms with van der Waals surface area (Å²) >= 11 is 1.26. The van der Waals surface area contributed by atoms with Gasteiger partial charge in [-0.25, -0.2) is 4.85 Å². The van der Waals surface area contributed by atoms with Crippen LogP contribution in [0.2, 0.25) is 0 Å². The molecule has 0 heterocycles. The first-order valence-corrected chi connectivity index (χ1v) is 4.84. The molecule has 0 spiro atoms. The minimum absolute atomic E-state index is 0.0484. The van der Waals surface area contributed by atoms with Crippen LogP contribution in [0.5, 0.6) is 0 Å². The monoisotopic (exact) mass is 217 g/mol. The Kier molecular flexibility index (Phi) is 3.06. The maximum absolute atomic E-state index is 12.2. The third-order valence-electron chi connectivity index (χ3n) is 1.63. The van der Waals surface area contributed by atoms with E-state index < -0.39 is 11.7 Å². The Labute approximate surface area is 83.7 Å². The van der Waals surface area contributed by atoms with Crippen LogP contribution >= 0.6 is 11.8 Å². The lowest BCUT2D eigenvalue weighted by atomic mass is 10.2. The van der Waals surface area contributed by atoms with Crippen LogP contribution in [0.4, 0.5) is 18.9 Å². The molecule has 0 aliphatic carbocycles. The van der Waals surface area contributed by atoms with Crippen LogP contribution in [0, 0.1) is 6.57 Å². The molecule has 14 heavy (non-hydrogen) atoms. The largest absolute Gasteiger partial charge is 0.415 e. The first-order chi connectivity index (χ1) is 6.49. The van der Waals surface area contributed by atoms with Gasteiger partial charge in [-0.05, 0) is 12.3 Å². The van der Waals surface area contributed by atoms with Crippen molar-refractivity contribution < 1.29 is 13.2 Å². The summed E-state index contributed by atoms with van der Waals surface area (Å²) in [6.45, 7) is 6.73. The second-order valence-electron chi connectivity index (χ2n) is 2.50. The van der Waals surface area contributed by atoms with E-state index in [9.17, 15) is 13.2 Å². The zero-order chi connectivity index (χ0) is 10.8. The summed E-state index contributed by atoms with van der Waals surface area (Å²) in [4.78, 5) is 3.61. The van der Waals surface area contributed by atoms with Crippen LogP contribution in [0.25, 0.3) is 4.85 Å². The molecule has 1 nitrogen and oxygen atoms in total. The van der Waals surface area contributed by atoms with Gasteiger partial charge >= 0.3 is 6.18 Å². The van der Waals surface area contributed by atoms with E-state index in [1.807, 2.05) is 0 Å². The van der Waals surface area contributed by atoms with Gasteiger partial charge in [0.15, 0.2) is 0 Å². The van der Waals surface area contributed by atoms with Gasteiger partial charge in [0.1, 0.15) is 0 Å². The van der Waals surface area contributed by atoms with Crippen molar-refractivity contribution in [1.29, 1.82) is 0 Å². The molecule has 0 aliphatic heterocycles. The summed E-state index contributed by atoms with van der Waals surface area (Å²) in [5.41, 5.74) is -0.728. The molecule has 0 atom stereocenters. The van der Waals surface area contributed by atoms with Gasteiger partial charge in [-0.1, -0.05) is 12.1 Å². The Morgan fingerprint density at radius 1 is 1.36 bits per heavy atom. The second kappa shape index (κ2) is 3.93. The van der Waals surface area contributed by atoms with Crippen molar-refractivity contribution in [2.24, 2.45) is 0 Å². The Bertz CT molecular complexity index is 379. The van der Waals surface area contributed by atoms with Gasteiger partial charge in [0, 0.05) is 10.5 Å². The highest BCUT2D eigenvalue weighted by Crippen LogP contribution is 2.35. The van der Waals surface area contributed by atoms with Gasteiger partial charge in [0.2, 0.25) is 5.69 Å². The number of halogens is 3. The molecule has 0 radical (unpaired) electrons. The van der Waals surface area contributed by atoms with Gasteiger partial charge in [0.25, 0.3) is 0 Å². The number of thioether (sulfide) groups is 1. The number of hydrogen-bond donors (Lipinski definition) is 0. The predicted octanol–water partition coefficient (Wildman–Crippen LogP) is 3.98. The molecule has 74 valence electrons. The van der Waals surface area contributed by atoms with E-state index in [1.54, 1.807) is 6.26 Å². The number of rotatable bonds is 1. The second-order valence-corrected chi connectivity index (χ2v) is 3.34. The molecular weight excluding hydrogens is 211 g/mol. The fourth-order valence-corrected chi connectivity index (χ4v) is 1.47. The topological polar surface area (TPSA) is 4.36 Å². The molecule has 0 N–H and O–H groups in total. The number of nitrogens with zero attached hydrogens (tertiary/aromatic N) is 1. The lowest BCUT2D eigenvalue weighted by Crippen LogP contribution is -2.04. The minimum atomic E-state index is -4.38. The Balaban J connectivity index is 3.23. The van der Waals surface area contributed by atoms with Crippen LogP contribution in [-0.4, -0.2) is 6.26 Å². The lowest BCUT2D eigenvalue weighted by Gasteiger charge is -2.08. The lowest BCUT2D eigenvalue weighted by molar-refractivity contribution is -0.137. The van der Waals surface area contributed by atoms with Crippen molar-refractivity contribution in [3.63, 3.8) is 0 Å². The van der Waals surface area contributed by atoms with Crippen molar-refractivity contribution in [3.8, 4) is 0 Å². The van der Waals surface area contributed by atoms with Gasteiger partial charge in [0.05, 0.1) is 6.57 Å². The highest BCUT2D eigenvalue weighted by atomic mass is 32.2. The van der Waals surface area contributed by atoms with Crippen molar-refractivity contribution in [2.75, 3.05) is 6.26 Å². The van der Waals surface area contributed by atoms with E-state index >= 15 is 0 Å². The van der Waals surface area contributed by atoms with E-state index in [2.05, 4.69) is 4.85 Å². The highest BCUT2D eigenvalue weighted by molar-refractivity contribution is 7.98. The maximum Gasteiger partial charge on any atom is 0.415 e. The van der Waals surface area contributed by atoms with Crippen LogP contribution < -0.4 is 0 Å². The number of benzene rings is 1. The molecule has 1 aromatic rings. The molecular formula is C9H6F3NS. The van der Waals surface area contributed by atoms with Crippen molar-refractivity contribution >= 4 is 17.4 Å². The van der Waals surface area contributed by atoms with Gasteiger partial charge in [-0.15, -0.1) is 11.8 Å². The molecule has 1 rings (SSSR count). The molecule has 0 amide bonds. The smallest absolute Gasteiger partial charge is 0.237 e. The van der Waals surface area contributed by atoms with E-state index in [0.717, 1.165) is 12.1 Å². The summed E-state index contributed by atoms with van der Waals surface area (Å²) in [5, 5.41) is 0. The van der Waals surface area contributed by atoms with Crippen LogP contribution in [-0.2, 0) is 6.18 Å². The van der Waals surface area contributed by atoms with Crippen LogP contribution in [0.15, 0.2) is 23.1 Å². The zero-order valence-corrected chi connectivity index (χ0v) is 8.04. The van der Waals surface area contributed by atoms with E-state index in [-0.39, 0.29) is 5.69 Å². The van der Waals surface area contributed by atoms with Crippen LogP contribution in [0.1, 0.15) is 5.56 Å². The molecule has 5 heteroatoms. The zero-order valence-electron chi connectivity index (χ0n) is 7.22. The SMILES string of the molecule is [C-]#[N+]c1cc(C(F)(F)F)ccc1SC. The first kappa shape index (κ1) is 10.9. The van der Waals surface area contributed by atoms with Crippen molar-refractivity contribution in [3.05, 3.63) is 35.2 Å². The predicted molar refractivity (Wildman–Crippen MR) is 49.5 cm³/mol. The third kappa shape index (κ3) is 2.20. The summed E-state index contributed by atoms with van der Waals surface area (Å²) in [7, 11) is 0. The summed E-state index contributed by atoms with van der Waals surface area (Å²) in [6, 6.07) is 3.18. The summed E-state index contributed by atoms with van der Waals surface area (Å²) in [5.74, 6) is 0. The van der Waals surface area contributed by atoms with Crippen molar-refractivity contribution in [2.45, 2.75) is 11.1 Å². The van der Waals surface area contributed by atoms with Gasteiger partial charge < -0.3 is 0 Å². The van der Waals surface area contributed by atoms with Gasteiger partial charge in [-0.3, -0.25) is 0 Å². The summed E-state index contributed by atoms with van der Waals surface area (Å²) in [6.07, 6.45) is -2.66. The minimum Gasteiger partial charge on any atom is -0.237 e. The molecule has 0 saturated carbocycles. The molecule has 0 unspecified atom stereocenters. The Hall–Kier alpha value is -1.15. The average Bonchev–Trinajstić information content (AvgIpc) is 2.15. The van der Waals surface area contributed by atoms with E-state index in [1.165, 1.54) is 17.8 Å². The van der Waals surface area contributed by atoms with Gasteiger partial charge in [-0.2, -0.15) is 13.2 Å². The fourth-order valence-electron chi connectivity index (χ4n) is 0.954. The third-order valence-corrected chi connectivity index (χ3v) is 2.41.